The van der Waals surface area contributed by atoms with Crippen LogP contribution in [-0.4, -0.2) is 5.91 Å². The van der Waals surface area contributed by atoms with E-state index in [1.54, 1.807) is 12.1 Å². The summed E-state index contributed by atoms with van der Waals surface area (Å²) in [5, 5.41) is 3.57. The van der Waals surface area contributed by atoms with E-state index in [0.717, 1.165) is 10.2 Å². The van der Waals surface area contributed by atoms with E-state index in [2.05, 4.69) is 21.2 Å². The van der Waals surface area contributed by atoms with Crippen molar-refractivity contribution in [1.29, 1.82) is 0 Å². The molecular weight excluding hydrogens is 289 g/mol. The van der Waals surface area contributed by atoms with Gasteiger partial charge in [-0.1, -0.05) is 18.5 Å². The van der Waals surface area contributed by atoms with Crippen LogP contribution in [0.25, 0.3) is 0 Å². The van der Waals surface area contributed by atoms with Gasteiger partial charge in [-0.05, 0) is 52.9 Å². The molecule has 1 N–H and O–H groups in total. The maximum absolute atomic E-state index is 11.9. The van der Waals surface area contributed by atoms with Gasteiger partial charge in [-0.25, -0.2) is 0 Å². The number of benzene rings is 1. The Labute approximate surface area is 108 Å². The number of carbonyl (C=O) groups is 1. The van der Waals surface area contributed by atoms with Crippen molar-refractivity contribution in [2.75, 3.05) is 5.32 Å². The fourth-order valence-electron chi connectivity index (χ4n) is 1.65. The molecule has 1 aromatic carbocycles. The summed E-state index contributed by atoms with van der Waals surface area (Å²) in [6.07, 6.45) is 2.35. The molecule has 1 aliphatic rings. The largest absolute Gasteiger partial charge is 0.325 e. The minimum atomic E-state index is 0.0884. The molecule has 0 radical (unpaired) electrons. The predicted molar refractivity (Wildman–Crippen MR) is 69.7 cm³/mol. The molecule has 1 atom stereocenters. The van der Waals surface area contributed by atoms with Gasteiger partial charge in [0.1, 0.15) is 0 Å². The highest BCUT2D eigenvalue weighted by Gasteiger charge is 2.32. The van der Waals surface area contributed by atoms with E-state index in [9.17, 15) is 4.79 Å². The molecule has 1 saturated carbocycles. The molecule has 0 aliphatic heterocycles. The molecule has 0 bridgehead atoms. The smallest absolute Gasteiger partial charge is 0.227 e. The van der Waals surface area contributed by atoms with Gasteiger partial charge in [0.15, 0.2) is 0 Å². The second-order valence-corrected chi connectivity index (χ2v) is 5.53. The molecule has 4 heteroatoms. The number of carbonyl (C=O) groups excluding carboxylic acids is 1. The van der Waals surface area contributed by atoms with E-state index in [4.69, 9.17) is 11.6 Å². The zero-order chi connectivity index (χ0) is 11.7. The zero-order valence-corrected chi connectivity index (χ0v) is 11.3. The van der Waals surface area contributed by atoms with E-state index in [1.807, 2.05) is 13.0 Å². The van der Waals surface area contributed by atoms with E-state index >= 15 is 0 Å². The van der Waals surface area contributed by atoms with Gasteiger partial charge >= 0.3 is 0 Å². The highest BCUT2D eigenvalue weighted by molar-refractivity contribution is 9.10. The monoisotopic (exact) mass is 301 g/mol. The lowest BCUT2D eigenvalue weighted by molar-refractivity contribution is -0.119. The number of anilines is 1. The average molecular weight is 303 g/mol. The number of nitrogens with one attached hydrogen (secondary N) is 1. The Morgan fingerprint density at radius 1 is 1.56 bits per heavy atom. The molecule has 2 rings (SSSR count). The Morgan fingerprint density at radius 3 is 2.81 bits per heavy atom. The number of hydrogen-bond donors (Lipinski definition) is 1. The third-order valence-corrected chi connectivity index (χ3v) is 3.82. The SMILES string of the molecule is CC(C(=O)Nc1ccc(Cl)cc1Br)C1CC1. The van der Waals surface area contributed by atoms with Crippen LogP contribution in [0.1, 0.15) is 19.8 Å². The number of hydrogen-bond acceptors (Lipinski definition) is 1. The quantitative estimate of drug-likeness (QED) is 0.895. The molecule has 0 aromatic heterocycles. The van der Waals surface area contributed by atoms with Crippen LogP contribution in [0.15, 0.2) is 22.7 Å². The van der Waals surface area contributed by atoms with Crippen molar-refractivity contribution in [3.8, 4) is 0 Å². The first-order chi connectivity index (χ1) is 7.58. The van der Waals surface area contributed by atoms with Crippen molar-refractivity contribution in [3.05, 3.63) is 27.7 Å². The summed E-state index contributed by atoms with van der Waals surface area (Å²) in [6.45, 7) is 1.98. The number of amides is 1. The van der Waals surface area contributed by atoms with Crippen LogP contribution < -0.4 is 5.32 Å². The lowest BCUT2D eigenvalue weighted by Crippen LogP contribution is -2.21. The maximum atomic E-state index is 11.9. The topological polar surface area (TPSA) is 29.1 Å². The molecule has 1 unspecified atom stereocenters. The Bertz CT molecular complexity index is 417. The summed E-state index contributed by atoms with van der Waals surface area (Å²) in [4.78, 5) is 11.9. The third kappa shape index (κ3) is 2.77. The van der Waals surface area contributed by atoms with Crippen molar-refractivity contribution >= 4 is 39.1 Å². The summed E-state index contributed by atoms with van der Waals surface area (Å²) < 4.78 is 0.816. The van der Waals surface area contributed by atoms with Crippen LogP contribution in [0.3, 0.4) is 0 Å². The van der Waals surface area contributed by atoms with Crippen molar-refractivity contribution in [1.82, 2.24) is 0 Å². The fourth-order valence-corrected chi connectivity index (χ4v) is 2.43. The normalized spacial score (nSPS) is 16.9. The molecule has 1 fully saturated rings. The lowest BCUT2D eigenvalue weighted by atomic mass is 10.1. The molecule has 0 heterocycles. The second-order valence-electron chi connectivity index (χ2n) is 4.24. The van der Waals surface area contributed by atoms with Crippen molar-refractivity contribution in [2.45, 2.75) is 19.8 Å². The first-order valence-corrected chi connectivity index (χ1v) is 6.51. The summed E-state index contributed by atoms with van der Waals surface area (Å²) in [7, 11) is 0. The van der Waals surface area contributed by atoms with Gasteiger partial charge < -0.3 is 5.32 Å². The van der Waals surface area contributed by atoms with Gasteiger partial charge in [0.05, 0.1) is 5.69 Å². The molecule has 16 heavy (non-hydrogen) atoms. The minimum Gasteiger partial charge on any atom is -0.325 e. The van der Waals surface area contributed by atoms with Gasteiger partial charge in [0.2, 0.25) is 5.91 Å². The average Bonchev–Trinajstić information content (AvgIpc) is 3.04. The van der Waals surface area contributed by atoms with Crippen LogP contribution in [0.2, 0.25) is 5.02 Å². The maximum Gasteiger partial charge on any atom is 0.227 e. The van der Waals surface area contributed by atoms with E-state index in [0.29, 0.717) is 10.9 Å². The Morgan fingerprint density at radius 2 is 2.25 bits per heavy atom. The Kier molecular flexibility index (Phi) is 3.55. The van der Waals surface area contributed by atoms with E-state index < -0.39 is 0 Å². The van der Waals surface area contributed by atoms with E-state index in [-0.39, 0.29) is 11.8 Å². The third-order valence-electron chi connectivity index (χ3n) is 2.93. The molecular formula is C12H13BrClNO. The van der Waals surface area contributed by atoms with Gasteiger partial charge in [-0.2, -0.15) is 0 Å². The minimum absolute atomic E-state index is 0.0884. The predicted octanol–water partition coefficient (Wildman–Crippen LogP) is 4.09. The molecule has 86 valence electrons. The Balaban J connectivity index is 2.05. The molecule has 0 spiro atoms. The summed E-state index contributed by atoms with van der Waals surface area (Å²) in [6, 6.07) is 5.35. The van der Waals surface area contributed by atoms with Gasteiger partial charge in [0, 0.05) is 15.4 Å². The zero-order valence-electron chi connectivity index (χ0n) is 8.97. The van der Waals surface area contributed by atoms with Crippen molar-refractivity contribution < 1.29 is 4.79 Å². The number of halogens is 2. The van der Waals surface area contributed by atoms with Gasteiger partial charge in [-0.15, -0.1) is 0 Å². The molecule has 0 saturated heterocycles. The molecule has 1 aromatic rings. The first-order valence-electron chi connectivity index (χ1n) is 5.34. The highest BCUT2D eigenvalue weighted by atomic mass is 79.9. The fraction of sp³-hybridized carbons (Fsp3) is 0.417. The highest BCUT2D eigenvalue weighted by Crippen LogP contribution is 2.37. The Hall–Kier alpha value is -0.540. The molecule has 2 nitrogen and oxygen atoms in total. The van der Waals surface area contributed by atoms with Crippen LogP contribution >= 0.6 is 27.5 Å². The van der Waals surface area contributed by atoms with Crippen LogP contribution in [0.4, 0.5) is 5.69 Å². The summed E-state index contributed by atoms with van der Waals surface area (Å²) in [5.41, 5.74) is 0.780. The summed E-state index contributed by atoms with van der Waals surface area (Å²) in [5.74, 6) is 0.763. The van der Waals surface area contributed by atoms with E-state index in [1.165, 1.54) is 12.8 Å². The second kappa shape index (κ2) is 4.76. The number of rotatable bonds is 3. The summed E-state index contributed by atoms with van der Waals surface area (Å²) >= 11 is 9.21. The van der Waals surface area contributed by atoms with Gasteiger partial charge in [0.25, 0.3) is 0 Å². The van der Waals surface area contributed by atoms with Crippen LogP contribution in [0, 0.1) is 11.8 Å². The molecule has 1 amide bonds. The molecule has 1 aliphatic carbocycles. The standard InChI is InChI=1S/C12H13BrClNO/c1-7(8-2-3-8)12(16)15-11-5-4-9(14)6-10(11)13/h4-8H,2-3H2,1H3,(H,15,16). The van der Waals surface area contributed by atoms with Crippen molar-refractivity contribution in [2.24, 2.45) is 11.8 Å². The van der Waals surface area contributed by atoms with Crippen molar-refractivity contribution in [3.63, 3.8) is 0 Å². The lowest BCUT2D eigenvalue weighted by Gasteiger charge is -2.12. The van der Waals surface area contributed by atoms with Crippen LogP contribution in [0.5, 0.6) is 0 Å². The van der Waals surface area contributed by atoms with Crippen LogP contribution in [-0.2, 0) is 4.79 Å². The first kappa shape index (κ1) is 11.9. The van der Waals surface area contributed by atoms with Gasteiger partial charge in [-0.3, -0.25) is 4.79 Å².